The molecule has 4 atom stereocenters. The van der Waals surface area contributed by atoms with Gasteiger partial charge in [-0.05, 0) is 65.0 Å². The first kappa shape index (κ1) is 15.3. The van der Waals surface area contributed by atoms with Crippen molar-refractivity contribution in [1.82, 2.24) is 10.2 Å². The third-order valence-corrected chi connectivity index (χ3v) is 5.59. The van der Waals surface area contributed by atoms with Crippen molar-refractivity contribution >= 4 is 5.97 Å². The van der Waals surface area contributed by atoms with E-state index in [1.165, 1.54) is 45.2 Å². The van der Waals surface area contributed by atoms with Gasteiger partial charge in [0.1, 0.15) is 0 Å². The summed E-state index contributed by atoms with van der Waals surface area (Å²) in [7, 11) is 0. The van der Waals surface area contributed by atoms with Crippen LogP contribution < -0.4 is 5.32 Å². The second-order valence-corrected chi connectivity index (χ2v) is 7.03. The van der Waals surface area contributed by atoms with Gasteiger partial charge < -0.3 is 15.0 Å². The molecular weight excluding hydrogens is 264 g/mol. The van der Waals surface area contributed by atoms with Crippen LogP contribution in [-0.2, 0) is 9.53 Å². The van der Waals surface area contributed by atoms with Crippen LogP contribution in [0.4, 0.5) is 0 Å². The predicted molar refractivity (Wildman–Crippen MR) is 83.1 cm³/mol. The lowest BCUT2D eigenvalue weighted by Crippen LogP contribution is -2.50. The van der Waals surface area contributed by atoms with Crippen LogP contribution in [0.2, 0.25) is 0 Å². The number of nitrogens with zero attached hydrogens (tertiary/aromatic N) is 1. The number of fused-ring (bicyclic) bond motifs is 1. The lowest BCUT2D eigenvalue weighted by atomic mass is 9.84. The molecule has 0 spiro atoms. The van der Waals surface area contributed by atoms with Crippen molar-refractivity contribution in [3.63, 3.8) is 0 Å². The number of rotatable bonds is 4. The fourth-order valence-corrected chi connectivity index (χ4v) is 4.52. The van der Waals surface area contributed by atoms with E-state index in [2.05, 4.69) is 10.2 Å². The van der Waals surface area contributed by atoms with Crippen LogP contribution in [0.1, 0.15) is 58.3 Å². The van der Waals surface area contributed by atoms with Gasteiger partial charge >= 0.3 is 5.97 Å². The van der Waals surface area contributed by atoms with Crippen LogP contribution in [0.15, 0.2) is 0 Å². The molecular formula is C17H30N2O2. The summed E-state index contributed by atoms with van der Waals surface area (Å²) in [4.78, 5) is 14.6. The molecule has 2 aliphatic heterocycles. The molecule has 0 aromatic heterocycles. The first-order valence-corrected chi connectivity index (χ1v) is 8.93. The molecule has 0 radical (unpaired) electrons. The topological polar surface area (TPSA) is 41.6 Å². The first-order chi connectivity index (χ1) is 10.3. The monoisotopic (exact) mass is 294 g/mol. The normalized spacial score (nSPS) is 37.2. The van der Waals surface area contributed by atoms with Gasteiger partial charge in [-0.25, -0.2) is 0 Å². The molecule has 2 heterocycles. The second kappa shape index (κ2) is 7.10. The maximum Gasteiger partial charge on any atom is 0.308 e. The minimum atomic E-state index is 0.0228. The maximum atomic E-state index is 11.9. The molecule has 1 aliphatic carbocycles. The Hall–Kier alpha value is -0.610. The Morgan fingerprint density at radius 1 is 1.10 bits per heavy atom. The summed E-state index contributed by atoms with van der Waals surface area (Å²) >= 11 is 0. The Bertz CT molecular complexity index is 361. The van der Waals surface area contributed by atoms with Gasteiger partial charge in [-0.3, -0.25) is 4.79 Å². The standard InChI is InChI=1S/C17H30N2O2/c1-2-21-17(20)13-5-3-6-14(11-13)18-15-8-10-19-9-4-7-16(19)12-15/h13-16,18H,2-12H2,1H3. The van der Waals surface area contributed by atoms with Gasteiger partial charge in [0.25, 0.3) is 0 Å². The molecule has 3 fully saturated rings. The number of ether oxygens (including phenoxy) is 1. The Morgan fingerprint density at radius 2 is 1.95 bits per heavy atom. The molecule has 0 bridgehead atoms. The van der Waals surface area contributed by atoms with E-state index in [-0.39, 0.29) is 11.9 Å². The molecule has 0 aromatic carbocycles. The highest BCUT2D eigenvalue weighted by molar-refractivity contribution is 5.72. The van der Waals surface area contributed by atoms with Gasteiger partial charge in [0, 0.05) is 18.1 Å². The Labute approximate surface area is 128 Å². The number of carbonyl (C=O) groups is 1. The summed E-state index contributed by atoms with van der Waals surface area (Å²) in [5.41, 5.74) is 0. The van der Waals surface area contributed by atoms with Gasteiger partial charge in [0.05, 0.1) is 12.5 Å². The fourth-order valence-electron chi connectivity index (χ4n) is 4.52. The number of nitrogens with one attached hydrogen (secondary N) is 1. The van der Waals surface area contributed by atoms with E-state index in [1.807, 2.05) is 6.92 Å². The Balaban J connectivity index is 1.47. The van der Waals surface area contributed by atoms with Crippen molar-refractivity contribution < 1.29 is 9.53 Å². The zero-order valence-corrected chi connectivity index (χ0v) is 13.4. The summed E-state index contributed by atoms with van der Waals surface area (Å²) in [6, 6.07) is 2.00. The van der Waals surface area contributed by atoms with Crippen molar-refractivity contribution in [2.75, 3.05) is 19.7 Å². The molecule has 120 valence electrons. The number of esters is 1. The SMILES string of the molecule is CCOC(=O)C1CCCC(NC2CCN3CCCC3C2)C1. The average molecular weight is 294 g/mol. The van der Waals surface area contributed by atoms with E-state index < -0.39 is 0 Å². The maximum absolute atomic E-state index is 11.9. The second-order valence-electron chi connectivity index (χ2n) is 7.03. The van der Waals surface area contributed by atoms with E-state index in [4.69, 9.17) is 4.74 Å². The summed E-state index contributed by atoms with van der Waals surface area (Å²) in [6.45, 7) is 4.97. The minimum absolute atomic E-state index is 0.0228. The van der Waals surface area contributed by atoms with E-state index in [0.717, 1.165) is 25.3 Å². The fraction of sp³-hybridized carbons (Fsp3) is 0.941. The first-order valence-electron chi connectivity index (χ1n) is 8.93. The molecule has 2 saturated heterocycles. The molecule has 4 nitrogen and oxygen atoms in total. The van der Waals surface area contributed by atoms with Gasteiger partial charge in [0.15, 0.2) is 0 Å². The molecule has 1 N–H and O–H groups in total. The van der Waals surface area contributed by atoms with Crippen molar-refractivity contribution in [3.05, 3.63) is 0 Å². The average Bonchev–Trinajstić information content (AvgIpc) is 2.95. The van der Waals surface area contributed by atoms with Crippen molar-refractivity contribution in [1.29, 1.82) is 0 Å². The van der Waals surface area contributed by atoms with Crippen molar-refractivity contribution in [2.24, 2.45) is 5.92 Å². The van der Waals surface area contributed by atoms with Gasteiger partial charge in [-0.2, -0.15) is 0 Å². The van der Waals surface area contributed by atoms with Crippen LogP contribution in [-0.4, -0.2) is 48.7 Å². The Morgan fingerprint density at radius 3 is 2.81 bits per heavy atom. The number of piperidine rings is 1. The molecule has 21 heavy (non-hydrogen) atoms. The predicted octanol–water partition coefficient (Wildman–Crippen LogP) is 2.32. The molecule has 0 aromatic rings. The van der Waals surface area contributed by atoms with Crippen molar-refractivity contribution in [3.8, 4) is 0 Å². The van der Waals surface area contributed by atoms with E-state index in [0.29, 0.717) is 18.7 Å². The third-order valence-electron chi connectivity index (χ3n) is 5.59. The van der Waals surface area contributed by atoms with Crippen LogP contribution in [0.25, 0.3) is 0 Å². The van der Waals surface area contributed by atoms with Gasteiger partial charge in [-0.15, -0.1) is 0 Å². The van der Waals surface area contributed by atoms with E-state index in [9.17, 15) is 4.79 Å². The van der Waals surface area contributed by atoms with Gasteiger partial charge in [-0.1, -0.05) is 6.42 Å². The zero-order valence-electron chi connectivity index (χ0n) is 13.4. The molecule has 3 rings (SSSR count). The van der Waals surface area contributed by atoms with Crippen LogP contribution in [0, 0.1) is 5.92 Å². The van der Waals surface area contributed by atoms with E-state index >= 15 is 0 Å². The summed E-state index contributed by atoms with van der Waals surface area (Å²) in [5.74, 6) is 0.150. The highest BCUT2D eigenvalue weighted by atomic mass is 16.5. The summed E-state index contributed by atoms with van der Waals surface area (Å²) in [6.07, 6.45) is 9.71. The highest BCUT2D eigenvalue weighted by Crippen LogP contribution is 2.30. The third kappa shape index (κ3) is 3.78. The zero-order chi connectivity index (χ0) is 14.7. The summed E-state index contributed by atoms with van der Waals surface area (Å²) < 4.78 is 5.20. The molecule has 0 amide bonds. The smallest absolute Gasteiger partial charge is 0.308 e. The van der Waals surface area contributed by atoms with Crippen molar-refractivity contribution in [2.45, 2.75) is 76.4 Å². The molecule has 1 saturated carbocycles. The van der Waals surface area contributed by atoms with Crippen LogP contribution in [0.5, 0.6) is 0 Å². The molecule has 4 heteroatoms. The van der Waals surface area contributed by atoms with E-state index in [1.54, 1.807) is 0 Å². The molecule has 3 aliphatic rings. The van der Waals surface area contributed by atoms with Crippen LogP contribution in [0.3, 0.4) is 0 Å². The summed E-state index contributed by atoms with van der Waals surface area (Å²) in [5, 5.41) is 3.86. The Kier molecular flexibility index (Phi) is 5.17. The lowest BCUT2D eigenvalue weighted by Gasteiger charge is -2.38. The molecule has 4 unspecified atom stereocenters. The number of hydrogen-bond donors (Lipinski definition) is 1. The highest BCUT2D eigenvalue weighted by Gasteiger charge is 2.34. The number of hydrogen-bond acceptors (Lipinski definition) is 4. The van der Waals surface area contributed by atoms with Crippen LogP contribution >= 0.6 is 0 Å². The number of carbonyl (C=O) groups excluding carboxylic acids is 1. The minimum Gasteiger partial charge on any atom is -0.466 e. The quantitative estimate of drug-likeness (QED) is 0.808. The van der Waals surface area contributed by atoms with Gasteiger partial charge in [0.2, 0.25) is 0 Å². The largest absolute Gasteiger partial charge is 0.466 e. The lowest BCUT2D eigenvalue weighted by molar-refractivity contribution is -0.149.